The summed E-state index contributed by atoms with van der Waals surface area (Å²) in [4.78, 5) is 2.83. The number of nitrogens with zero attached hydrogens (tertiary/aromatic N) is 4. The Bertz CT molecular complexity index is 844. The maximum absolute atomic E-state index is 12.7. The van der Waals surface area contributed by atoms with Crippen molar-refractivity contribution in [2.45, 2.75) is 31.6 Å². The van der Waals surface area contributed by atoms with Gasteiger partial charge in [0.05, 0.1) is 17.7 Å². The average molecular weight is 424 g/mol. The minimum Gasteiger partial charge on any atom is -0.419 e. The molecule has 0 amide bonds. The van der Waals surface area contributed by atoms with E-state index in [0.717, 1.165) is 11.1 Å². The van der Waals surface area contributed by atoms with Crippen LogP contribution in [0.5, 0.6) is 0 Å². The van der Waals surface area contributed by atoms with E-state index in [9.17, 15) is 21.6 Å². The fourth-order valence-electron chi connectivity index (χ4n) is 3.07. The van der Waals surface area contributed by atoms with Crippen molar-refractivity contribution in [3.05, 3.63) is 23.4 Å². The van der Waals surface area contributed by atoms with E-state index in [4.69, 9.17) is 4.42 Å². The van der Waals surface area contributed by atoms with Crippen LogP contribution in [-0.4, -0.2) is 65.9 Å². The maximum Gasteiger partial charge on any atom is 0.402 e. The third kappa shape index (κ3) is 5.50. The Labute approximate surface area is 158 Å². The van der Waals surface area contributed by atoms with Crippen molar-refractivity contribution < 1.29 is 26.0 Å². The summed E-state index contributed by atoms with van der Waals surface area (Å²) in [5, 5.41) is 9.90. The van der Waals surface area contributed by atoms with Gasteiger partial charge in [0.15, 0.2) is 0 Å². The highest BCUT2D eigenvalue weighted by molar-refractivity contribution is 7.88. The Morgan fingerprint density at radius 2 is 2.04 bits per heavy atom. The zero-order chi connectivity index (χ0) is 19.7. The van der Waals surface area contributed by atoms with Crippen molar-refractivity contribution in [3.8, 4) is 10.8 Å². The molecule has 2 aromatic rings. The van der Waals surface area contributed by atoms with E-state index in [0.29, 0.717) is 48.6 Å². The number of aromatic nitrogens is 2. The first kappa shape index (κ1) is 20.2. The highest BCUT2D eigenvalue weighted by Gasteiger charge is 2.39. The Kier molecular flexibility index (Phi) is 5.89. The molecule has 3 heterocycles. The summed E-state index contributed by atoms with van der Waals surface area (Å²) in [6.07, 6.45) is -3.12. The number of likely N-dealkylation sites (tertiary alicyclic amines) is 1. The quantitative estimate of drug-likeness (QED) is 0.709. The predicted octanol–water partition coefficient (Wildman–Crippen LogP) is 2.59. The number of rotatable bonds is 6. The molecule has 27 heavy (non-hydrogen) atoms. The highest BCUT2D eigenvalue weighted by atomic mass is 32.2. The van der Waals surface area contributed by atoms with Crippen LogP contribution in [-0.2, 0) is 16.6 Å². The van der Waals surface area contributed by atoms with Crippen LogP contribution in [0.3, 0.4) is 0 Å². The number of halogens is 3. The SMILES string of the molecule is CS(=O)(=O)N(CC(F)(F)F)C1CCN(Cc2nnc(-c3cccs3)o2)CC1. The molecule has 0 radical (unpaired) electrons. The average Bonchev–Trinajstić information content (AvgIpc) is 3.23. The first-order valence-corrected chi connectivity index (χ1v) is 11.0. The smallest absolute Gasteiger partial charge is 0.402 e. The van der Waals surface area contributed by atoms with Crippen molar-refractivity contribution >= 4 is 21.4 Å². The summed E-state index contributed by atoms with van der Waals surface area (Å²) < 4.78 is 67.9. The number of hydrogen-bond donors (Lipinski definition) is 0. The number of hydrogen-bond acceptors (Lipinski definition) is 7. The lowest BCUT2D eigenvalue weighted by atomic mass is 10.1. The molecule has 0 aromatic carbocycles. The van der Waals surface area contributed by atoms with E-state index in [2.05, 4.69) is 10.2 Å². The van der Waals surface area contributed by atoms with Crippen molar-refractivity contribution in [2.75, 3.05) is 25.9 Å². The van der Waals surface area contributed by atoms with Gasteiger partial charge in [0, 0.05) is 19.1 Å². The molecular formula is C15H19F3N4O3S2. The number of thiophene rings is 1. The van der Waals surface area contributed by atoms with E-state index in [-0.39, 0.29) is 0 Å². The lowest BCUT2D eigenvalue weighted by Crippen LogP contribution is -2.49. The Hall–Kier alpha value is -1.50. The van der Waals surface area contributed by atoms with Crippen LogP contribution in [0.15, 0.2) is 21.9 Å². The molecule has 0 spiro atoms. The van der Waals surface area contributed by atoms with Gasteiger partial charge in [-0.05, 0) is 24.3 Å². The van der Waals surface area contributed by atoms with Crippen molar-refractivity contribution in [1.82, 2.24) is 19.4 Å². The van der Waals surface area contributed by atoms with Gasteiger partial charge in [0.25, 0.3) is 5.89 Å². The van der Waals surface area contributed by atoms with Crippen LogP contribution in [0, 0.1) is 0 Å². The Morgan fingerprint density at radius 3 is 2.59 bits per heavy atom. The van der Waals surface area contributed by atoms with E-state index >= 15 is 0 Å². The third-order valence-electron chi connectivity index (χ3n) is 4.28. The van der Waals surface area contributed by atoms with Gasteiger partial charge in [0.2, 0.25) is 15.9 Å². The Balaban J connectivity index is 1.58. The number of piperidine rings is 1. The first-order valence-electron chi connectivity index (χ1n) is 8.24. The summed E-state index contributed by atoms with van der Waals surface area (Å²) in [5.74, 6) is 0.857. The van der Waals surface area contributed by atoms with Gasteiger partial charge < -0.3 is 4.42 Å². The van der Waals surface area contributed by atoms with Crippen LogP contribution in [0.25, 0.3) is 10.8 Å². The van der Waals surface area contributed by atoms with Crippen LogP contribution in [0.2, 0.25) is 0 Å². The molecule has 3 rings (SSSR count). The molecule has 0 unspecified atom stereocenters. The zero-order valence-electron chi connectivity index (χ0n) is 14.5. The van der Waals surface area contributed by atoms with Crippen molar-refractivity contribution in [2.24, 2.45) is 0 Å². The summed E-state index contributed by atoms with van der Waals surface area (Å²) in [7, 11) is -3.94. The van der Waals surface area contributed by atoms with Crippen molar-refractivity contribution in [1.29, 1.82) is 0 Å². The molecule has 0 N–H and O–H groups in total. The molecule has 0 atom stereocenters. The molecule has 150 valence electrons. The largest absolute Gasteiger partial charge is 0.419 e. The van der Waals surface area contributed by atoms with Crippen LogP contribution in [0.1, 0.15) is 18.7 Å². The van der Waals surface area contributed by atoms with Gasteiger partial charge in [-0.2, -0.15) is 17.5 Å². The van der Waals surface area contributed by atoms with E-state index in [1.807, 2.05) is 22.4 Å². The molecule has 1 saturated heterocycles. The van der Waals surface area contributed by atoms with Gasteiger partial charge in [0.1, 0.15) is 6.54 Å². The molecule has 1 aliphatic heterocycles. The molecule has 1 fully saturated rings. The highest BCUT2D eigenvalue weighted by Crippen LogP contribution is 2.26. The number of sulfonamides is 1. The molecule has 0 aliphatic carbocycles. The monoisotopic (exact) mass is 424 g/mol. The van der Waals surface area contributed by atoms with E-state index < -0.39 is 28.8 Å². The molecule has 2 aromatic heterocycles. The maximum atomic E-state index is 12.7. The van der Waals surface area contributed by atoms with E-state index in [1.54, 1.807) is 0 Å². The second kappa shape index (κ2) is 7.86. The summed E-state index contributed by atoms with van der Waals surface area (Å²) >= 11 is 1.48. The second-order valence-corrected chi connectivity index (χ2v) is 9.29. The standard InChI is InChI=1S/C15H19F3N4O3S2/c1-27(23,24)22(10-15(16,17)18)11-4-6-21(7-5-11)9-13-19-20-14(25-13)12-3-2-8-26-12/h2-3,8,11H,4-7,9-10H2,1H3. The minimum atomic E-state index is -4.57. The summed E-state index contributed by atoms with van der Waals surface area (Å²) in [6, 6.07) is 3.08. The van der Waals surface area contributed by atoms with E-state index in [1.165, 1.54) is 11.3 Å². The van der Waals surface area contributed by atoms with Crippen LogP contribution >= 0.6 is 11.3 Å². The third-order valence-corrected chi connectivity index (χ3v) is 6.42. The zero-order valence-corrected chi connectivity index (χ0v) is 16.1. The normalized spacial score (nSPS) is 17.7. The fraction of sp³-hybridized carbons (Fsp3) is 0.600. The summed E-state index contributed by atoms with van der Waals surface area (Å²) in [6.45, 7) is -0.176. The second-order valence-electron chi connectivity index (χ2n) is 6.41. The summed E-state index contributed by atoms with van der Waals surface area (Å²) in [5.41, 5.74) is 0. The minimum absolute atomic E-state index is 0.315. The van der Waals surface area contributed by atoms with Gasteiger partial charge in [-0.15, -0.1) is 21.5 Å². The van der Waals surface area contributed by atoms with Gasteiger partial charge >= 0.3 is 6.18 Å². The lowest BCUT2D eigenvalue weighted by Gasteiger charge is -2.37. The molecular weight excluding hydrogens is 405 g/mol. The topological polar surface area (TPSA) is 79.5 Å². The Morgan fingerprint density at radius 1 is 1.33 bits per heavy atom. The fourth-order valence-corrected chi connectivity index (χ4v) is 4.85. The lowest BCUT2D eigenvalue weighted by molar-refractivity contribution is -0.140. The molecule has 7 nitrogen and oxygen atoms in total. The van der Waals surface area contributed by atoms with Crippen molar-refractivity contribution in [3.63, 3.8) is 0 Å². The molecule has 0 saturated carbocycles. The molecule has 0 bridgehead atoms. The number of alkyl halides is 3. The predicted molar refractivity (Wildman–Crippen MR) is 93.5 cm³/mol. The molecule has 12 heteroatoms. The van der Waals surface area contributed by atoms with Gasteiger partial charge in [-0.25, -0.2) is 8.42 Å². The van der Waals surface area contributed by atoms with Crippen LogP contribution in [0.4, 0.5) is 13.2 Å². The van der Waals surface area contributed by atoms with Crippen LogP contribution < -0.4 is 0 Å². The van der Waals surface area contributed by atoms with Gasteiger partial charge in [-0.3, -0.25) is 4.90 Å². The van der Waals surface area contributed by atoms with Gasteiger partial charge in [-0.1, -0.05) is 6.07 Å². The molecule has 1 aliphatic rings. The first-order chi connectivity index (χ1) is 12.6.